The van der Waals surface area contributed by atoms with Crippen molar-refractivity contribution < 1.29 is 23.8 Å². The number of nitrogens with one attached hydrogen (secondary N) is 1. The summed E-state index contributed by atoms with van der Waals surface area (Å²) >= 11 is 0. The average molecular weight is 383 g/mol. The second kappa shape index (κ2) is 7.47. The van der Waals surface area contributed by atoms with Gasteiger partial charge >= 0.3 is 5.97 Å². The summed E-state index contributed by atoms with van der Waals surface area (Å²) in [6, 6.07) is 7.06. The Morgan fingerprint density at radius 2 is 2.00 bits per heavy atom. The largest absolute Gasteiger partial charge is 0.508 e. The number of benzene rings is 1. The van der Waals surface area contributed by atoms with Gasteiger partial charge in [-0.05, 0) is 26.0 Å². The van der Waals surface area contributed by atoms with Crippen LogP contribution in [0.4, 0.5) is 0 Å². The molecule has 0 aliphatic carbocycles. The Labute approximate surface area is 158 Å². The van der Waals surface area contributed by atoms with Crippen molar-refractivity contribution in [1.29, 1.82) is 5.41 Å². The van der Waals surface area contributed by atoms with Crippen molar-refractivity contribution in [1.82, 2.24) is 9.55 Å². The second-order valence-corrected chi connectivity index (χ2v) is 6.12. The van der Waals surface area contributed by atoms with Gasteiger partial charge < -0.3 is 19.7 Å². The Bertz CT molecular complexity index is 1190. The monoisotopic (exact) mass is 383 g/mol. The Morgan fingerprint density at radius 1 is 1.29 bits per heavy atom. The first-order chi connectivity index (χ1) is 13.3. The minimum atomic E-state index is -0.823. The van der Waals surface area contributed by atoms with E-state index in [-0.39, 0.29) is 16.9 Å². The first-order valence-electron chi connectivity index (χ1n) is 8.30. The number of aliphatic hydroxyl groups excluding tert-OH is 1. The SMILES string of the molecule is CC(=N)/C(C(C)=O)=C(\O)COC(=O)Cn1cnc2c(oc3ccccc32)c1=O. The smallest absolute Gasteiger partial charge is 0.326 e. The highest BCUT2D eigenvalue weighted by atomic mass is 16.5. The summed E-state index contributed by atoms with van der Waals surface area (Å²) in [5.41, 5.74) is 0.0389. The zero-order valence-corrected chi connectivity index (χ0v) is 15.2. The molecule has 2 aromatic heterocycles. The Balaban J connectivity index is 1.80. The van der Waals surface area contributed by atoms with E-state index < -0.39 is 36.2 Å². The quantitative estimate of drug-likeness (QED) is 0.288. The topological polar surface area (TPSA) is 135 Å². The molecule has 0 fully saturated rings. The van der Waals surface area contributed by atoms with E-state index in [1.54, 1.807) is 24.3 Å². The number of allylic oxidation sites excluding steroid dienone is 1. The second-order valence-electron chi connectivity index (χ2n) is 6.12. The van der Waals surface area contributed by atoms with Gasteiger partial charge in [-0.2, -0.15) is 0 Å². The lowest BCUT2D eigenvalue weighted by molar-refractivity contribution is -0.144. The van der Waals surface area contributed by atoms with Crippen LogP contribution in [0.3, 0.4) is 0 Å². The van der Waals surface area contributed by atoms with Gasteiger partial charge in [-0.3, -0.25) is 19.0 Å². The van der Waals surface area contributed by atoms with Crippen LogP contribution in [0.15, 0.2) is 51.1 Å². The molecule has 3 aromatic rings. The standard InChI is InChI=1S/C19H17N3O6/c1-10(20)16(11(2)23)13(24)8-27-15(25)7-22-9-21-17-12-5-3-4-6-14(12)28-18(17)19(22)26/h3-6,9,20,24H,7-8H2,1-2H3/b16-13+,20-10?. The molecule has 0 spiro atoms. The van der Waals surface area contributed by atoms with Crippen LogP contribution in [0.5, 0.6) is 0 Å². The van der Waals surface area contributed by atoms with Crippen LogP contribution in [0.1, 0.15) is 13.8 Å². The molecule has 9 heteroatoms. The van der Waals surface area contributed by atoms with E-state index in [9.17, 15) is 19.5 Å². The zero-order valence-electron chi connectivity index (χ0n) is 15.2. The summed E-state index contributed by atoms with van der Waals surface area (Å²) in [5, 5.41) is 18.1. The number of carbonyl (C=O) groups excluding carboxylic acids is 2. The summed E-state index contributed by atoms with van der Waals surface area (Å²) in [4.78, 5) is 40.2. The fourth-order valence-electron chi connectivity index (χ4n) is 2.82. The molecular weight excluding hydrogens is 366 g/mol. The highest BCUT2D eigenvalue weighted by Crippen LogP contribution is 2.23. The summed E-state index contributed by atoms with van der Waals surface area (Å²) in [7, 11) is 0. The van der Waals surface area contributed by atoms with Crippen molar-refractivity contribution in [3.63, 3.8) is 0 Å². The van der Waals surface area contributed by atoms with E-state index in [0.29, 0.717) is 16.5 Å². The minimum Gasteiger partial charge on any atom is -0.508 e. The molecular formula is C19H17N3O6. The van der Waals surface area contributed by atoms with Gasteiger partial charge in [0.1, 0.15) is 30.0 Å². The van der Waals surface area contributed by atoms with E-state index in [1.807, 2.05) is 0 Å². The number of aliphatic hydroxyl groups is 1. The number of aromatic nitrogens is 2. The molecule has 0 unspecified atom stereocenters. The molecule has 2 N–H and O–H groups in total. The van der Waals surface area contributed by atoms with E-state index in [0.717, 1.165) is 4.57 Å². The van der Waals surface area contributed by atoms with Gasteiger partial charge in [0.15, 0.2) is 5.78 Å². The van der Waals surface area contributed by atoms with E-state index in [1.165, 1.54) is 20.2 Å². The van der Waals surface area contributed by atoms with Gasteiger partial charge in [-0.15, -0.1) is 0 Å². The number of esters is 1. The molecule has 9 nitrogen and oxygen atoms in total. The number of para-hydroxylation sites is 1. The predicted molar refractivity (Wildman–Crippen MR) is 100 cm³/mol. The number of carbonyl (C=O) groups is 2. The lowest BCUT2D eigenvalue weighted by atomic mass is 10.1. The molecule has 3 rings (SSSR count). The number of hydrogen-bond donors (Lipinski definition) is 2. The lowest BCUT2D eigenvalue weighted by Gasteiger charge is -2.09. The minimum absolute atomic E-state index is 0.0255. The van der Waals surface area contributed by atoms with Crippen LogP contribution >= 0.6 is 0 Å². The average Bonchev–Trinajstić information content (AvgIpc) is 3.01. The molecule has 0 atom stereocenters. The van der Waals surface area contributed by atoms with Crippen molar-refractivity contribution >= 4 is 39.5 Å². The van der Waals surface area contributed by atoms with Crippen molar-refractivity contribution in [3.05, 3.63) is 52.3 Å². The normalized spacial score (nSPS) is 12.1. The molecule has 0 radical (unpaired) electrons. The van der Waals surface area contributed by atoms with Crippen LogP contribution < -0.4 is 5.56 Å². The maximum Gasteiger partial charge on any atom is 0.326 e. The number of ether oxygens (including phenoxy) is 1. The van der Waals surface area contributed by atoms with Crippen LogP contribution in [0, 0.1) is 5.41 Å². The van der Waals surface area contributed by atoms with Gasteiger partial charge in [0.2, 0.25) is 5.58 Å². The summed E-state index contributed by atoms with van der Waals surface area (Å²) < 4.78 is 11.5. The van der Waals surface area contributed by atoms with Crippen LogP contribution in [-0.4, -0.2) is 38.7 Å². The van der Waals surface area contributed by atoms with Gasteiger partial charge in [-0.1, -0.05) is 12.1 Å². The molecule has 2 heterocycles. The zero-order chi connectivity index (χ0) is 20.4. The molecule has 28 heavy (non-hydrogen) atoms. The predicted octanol–water partition coefficient (Wildman–Crippen LogP) is 2.13. The van der Waals surface area contributed by atoms with Crippen molar-refractivity contribution in [2.24, 2.45) is 0 Å². The maximum atomic E-state index is 12.5. The van der Waals surface area contributed by atoms with Crippen molar-refractivity contribution in [2.45, 2.75) is 20.4 Å². The van der Waals surface area contributed by atoms with Crippen LogP contribution in [-0.2, 0) is 20.9 Å². The molecule has 0 amide bonds. The number of Topliss-reactive ketones (excluding diaryl/α,β-unsaturated/α-hetero) is 1. The Morgan fingerprint density at radius 3 is 2.68 bits per heavy atom. The molecule has 0 saturated heterocycles. The number of ketones is 1. The van der Waals surface area contributed by atoms with Crippen LogP contribution in [0.2, 0.25) is 0 Å². The number of nitrogens with zero attached hydrogens (tertiary/aromatic N) is 2. The van der Waals surface area contributed by atoms with Gasteiger partial charge in [0.25, 0.3) is 5.56 Å². The number of fused-ring (bicyclic) bond motifs is 3. The number of hydrogen-bond acceptors (Lipinski definition) is 8. The van der Waals surface area contributed by atoms with Crippen molar-refractivity contribution in [2.75, 3.05) is 6.61 Å². The fourth-order valence-corrected chi connectivity index (χ4v) is 2.82. The fraction of sp³-hybridized carbons (Fsp3) is 0.211. The van der Waals surface area contributed by atoms with E-state index >= 15 is 0 Å². The number of rotatable bonds is 6. The highest BCUT2D eigenvalue weighted by Gasteiger charge is 2.17. The third-order valence-electron chi connectivity index (χ3n) is 4.04. The Hall–Kier alpha value is -3.75. The molecule has 0 bridgehead atoms. The Kier molecular flexibility index (Phi) is 5.08. The van der Waals surface area contributed by atoms with Gasteiger partial charge in [0.05, 0.1) is 11.9 Å². The highest BCUT2D eigenvalue weighted by molar-refractivity contribution is 6.19. The number of furan rings is 1. The molecule has 1 aromatic carbocycles. The summed E-state index contributed by atoms with van der Waals surface area (Å²) in [5.74, 6) is -1.86. The first kappa shape index (κ1) is 19.0. The summed E-state index contributed by atoms with van der Waals surface area (Å²) in [6.07, 6.45) is 1.21. The van der Waals surface area contributed by atoms with Crippen LogP contribution in [0.25, 0.3) is 22.1 Å². The molecule has 144 valence electrons. The van der Waals surface area contributed by atoms with Gasteiger partial charge in [0, 0.05) is 11.1 Å². The molecule has 0 saturated carbocycles. The first-order valence-corrected chi connectivity index (χ1v) is 8.30. The maximum absolute atomic E-state index is 12.5. The molecule has 0 aliphatic rings. The third-order valence-corrected chi connectivity index (χ3v) is 4.04. The van der Waals surface area contributed by atoms with E-state index in [2.05, 4.69) is 4.98 Å². The molecule has 0 aliphatic heterocycles. The van der Waals surface area contributed by atoms with E-state index in [4.69, 9.17) is 14.6 Å². The van der Waals surface area contributed by atoms with Crippen molar-refractivity contribution in [3.8, 4) is 0 Å². The third kappa shape index (κ3) is 3.54. The summed E-state index contributed by atoms with van der Waals surface area (Å²) in [6.45, 7) is 1.49. The van der Waals surface area contributed by atoms with Gasteiger partial charge in [-0.25, -0.2) is 4.98 Å². The lowest BCUT2D eigenvalue weighted by Crippen LogP contribution is -2.26.